The molecule has 6 heteroatoms. The number of hydrogen-bond acceptors (Lipinski definition) is 5. The highest BCUT2D eigenvalue weighted by Crippen LogP contribution is 2.29. The number of pyridine rings is 1. The van der Waals surface area contributed by atoms with Gasteiger partial charge in [-0.15, -0.1) is 0 Å². The summed E-state index contributed by atoms with van der Waals surface area (Å²) >= 11 is 0. The van der Waals surface area contributed by atoms with Crippen molar-refractivity contribution in [1.29, 1.82) is 0 Å². The molecule has 0 unspecified atom stereocenters. The molecule has 0 aliphatic carbocycles. The predicted molar refractivity (Wildman–Crippen MR) is 115 cm³/mol. The quantitative estimate of drug-likeness (QED) is 0.593. The fraction of sp³-hybridized carbons (Fsp3) is 0.348. The summed E-state index contributed by atoms with van der Waals surface area (Å²) in [7, 11) is 5.40. The van der Waals surface area contributed by atoms with Crippen molar-refractivity contribution >= 4 is 28.3 Å². The smallest absolute Gasteiger partial charge is 0.196 e. The van der Waals surface area contributed by atoms with E-state index in [0.717, 1.165) is 16.7 Å². The number of ether oxygens (including phenoxy) is 1. The third-order valence-electron chi connectivity index (χ3n) is 4.95. The summed E-state index contributed by atoms with van der Waals surface area (Å²) in [4.78, 5) is 32.1. The number of hydrogen-bond donors (Lipinski definition) is 0. The van der Waals surface area contributed by atoms with Gasteiger partial charge in [-0.25, -0.2) is 4.98 Å². The van der Waals surface area contributed by atoms with Crippen molar-refractivity contribution in [3.63, 3.8) is 0 Å². The second-order valence-corrected chi connectivity index (χ2v) is 8.36. The van der Waals surface area contributed by atoms with E-state index in [-0.39, 0.29) is 18.1 Å². The van der Waals surface area contributed by atoms with Crippen LogP contribution in [-0.4, -0.2) is 42.3 Å². The molecule has 2 aromatic heterocycles. The van der Waals surface area contributed by atoms with Gasteiger partial charge in [0.2, 0.25) is 0 Å². The topological polar surface area (TPSA) is 64.4 Å². The first-order valence-corrected chi connectivity index (χ1v) is 9.50. The predicted octanol–water partition coefficient (Wildman–Crippen LogP) is 3.96. The Bertz CT molecular complexity index is 1060. The minimum absolute atomic E-state index is 0.0909. The lowest BCUT2D eigenvalue weighted by Crippen LogP contribution is -2.24. The third kappa shape index (κ3) is 4.16. The number of methoxy groups -OCH3 is 1. The van der Waals surface area contributed by atoms with Crippen molar-refractivity contribution in [2.45, 2.75) is 27.3 Å². The van der Waals surface area contributed by atoms with Crippen molar-refractivity contribution in [2.24, 2.45) is 5.41 Å². The van der Waals surface area contributed by atoms with Gasteiger partial charge in [0.05, 0.1) is 19.2 Å². The first-order chi connectivity index (χ1) is 13.6. The van der Waals surface area contributed by atoms with Crippen molar-refractivity contribution < 1.29 is 14.3 Å². The summed E-state index contributed by atoms with van der Waals surface area (Å²) in [5.41, 5.74) is 1.38. The molecule has 0 radical (unpaired) electrons. The number of rotatable bonds is 6. The number of fused-ring (bicyclic) bond motifs is 1. The zero-order chi connectivity index (χ0) is 21.3. The van der Waals surface area contributed by atoms with E-state index in [4.69, 9.17) is 4.74 Å². The maximum absolute atomic E-state index is 13.2. The Morgan fingerprint density at radius 2 is 1.86 bits per heavy atom. The molecule has 0 N–H and O–H groups in total. The molecular weight excluding hydrogens is 366 g/mol. The molecule has 1 aromatic carbocycles. The number of benzene rings is 1. The van der Waals surface area contributed by atoms with Gasteiger partial charge in [-0.05, 0) is 24.3 Å². The molecule has 0 saturated carbocycles. The number of nitrogens with zero attached hydrogens (tertiary/aromatic N) is 3. The Morgan fingerprint density at radius 3 is 2.41 bits per heavy atom. The van der Waals surface area contributed by atoms with E-state index in [1.54, 1.807) is 25.6 Å². The van der Waals surface area contributed by atoms with Crippen molar-refractivity contribution in [3.8, 4) is 5.75 Å². The number of carbonyl (C=O) groups is 2. The summed E-state index contributed by atoms with van der Waals surface area (Å²) in [6.45, 7) is 5.88. The molecule has 152 valence electrons. The van der Waals surface area contributed by atoms with Crippen LogP contribution in [0.25, 0.3) is 10.9 Å². The van der Waals surface area contributed by atoms with Crippen LogP contribution in [0, 0.1) is 5.41 Å². The fourth-order valence-corrected chi connectivity index (χ4v) is 3.04. The van der Waals surface area contributed by atoms with E-state index in [2.05, 4.69) is 4.98 Å². The SMILES string of the molecule is COc1ccc2c(C(=O)c3ccc(N(C)C)nc3)cn(CC(=O)C(C)(C)C)c2c1. The molecule has 0 spiro atoms. The molecule has 0 aliphatic heterocycles. The maximum Gasteiger partial charge on any atom is 0.196 e. The van der Waals surface area contributed by atoms with Crippen LogP contribution in [0.1, 0.15) is 36.7 Å². The molecule has 2 heterocycles. The Kier molecular flexibility index (Phi) is 5.46. The van der Waals surface area contributed by atoms with E-state index < -0.39 is 5.41 Å². The van der Waals surface area contributed by atoms with Crippen LogP contribution < -0.4 is 9.64 Å². The molecule has 3 rings (SSSR count). The van der Waals surface area contributed by atoms with Crippen molar-refractivity contribution in [3.05, 3.63) is 53.9 Å². The average Bonchev–Trinajstić information content (AvgIpc) is 3.04. The summed E-state index contributed by atoms with van der Waals surface area (Å²) in [6, 6.07) is 9.13. The van der Waals surface area contributed by atoms with Gasteiger partial charge < -0.3 is 14.2 Å². The normalized spacial score (nSPS) is 11.5. The van der Waals surface area contributed by atoms with E-state index >= 15 is 0 Å². The van der Waals surface area contributed by atoms with Crippen LogP contribution in [0.2, 0.25) is 0 Å². The van der Waals surface area contributed by atoms with Crippen LogP contribution in [0.3, 0.4) is 0 Å². The van der Waals surface area contributed by atoms with Gasteiger partial charge in [0.15, 0.2) is 11.6 Å². The number of aromatic nitrogens is 2. The van der Waals surface area contributed by atoms with Crippen molar-refractivity contribution in [1.82, 2.24) is 9.55 Å². The molecule has 0 aliphatic rings. The molecule has 0 bridgehead atoms. The number of Topliss-reactive ketones (excluding diaryl/α,β-unsaturated/α-hetero) is 1. The van der Waals surface area contributed by atoms with Gasteiger partial charge in [-0.3, -0.25) is 9.59 Å². The zero-order valence-corrected chi connectivity index (χ0v) is 17.8. The van der Waals surface area contributed by atoms with Gasteiger partial charge in [0.1, 0.15) is 11.6 Å². The number of ketones is 2. The Labute approximate surface area is 171 Å². The molecule has 0 fully saturated rings. The molecule has 0 atom stereocenters. The maximum atomic E-state index is 13.2. The Hall–Kier alpha value is -3.15. The minimum atomic E-state index is -0.467. The fourth-order valence-electron chi connectivity index (χ4n) is 3.04. The zero-order valence-electron chi connectivity index (χ0n) is 17.8. The van der Waals surface area contributed by atoms with E-state index in [0.29, 0.717) is 16.9 Å². The van der Waals surface area contributed by atoms with Crippen LogP contribution in [0.4, 0.5) is 5.82 Å². The number of anilines is 1. The van der Waals surface area contributed by atoms with Gasteiger partial charge >= 0.3 is 0 Å². The lowest BCUT2D eigenvalue weighted by atomic mass is 9.91. The van der Waals surface area contributed by atoms with E-state index in [1.807, 2.05) is 68.6 Å². The minimum Gasteiger partial charge on any atom is -0.497 e. The van der Waals surface area contributed by atoms with Crippen LogP contribution in [0.15, 0.2) is 42.7 Å². The van der Waals surface area contributed by atoms with Gasteiger partial charge in [-0.2, -0.15) is 0 Å². The largest absolute Gasteiger partial charge is 0.497 e. The molecule has 3 aromatic rings. The number of carbonyl (C=O) groups excluding carboxylic acids is 2. The van der Waals surface area contributed by atoms with Gasteiger partial charge in [0.25, 0.3) is 0 Å². The first kappa shape index (κ1) is 20.6. The average molecular weight is 393 g/mol. The highest BCUT2D eigenvalue weighted by Gasteiger charge is 2.24. The monoisotopic (exact) mass is 393 g/mol. The van der Waals surface area contributed by atoms with Crippen LogP contribution in [-0.2, 0) is 11.3 Å². The molecule has 6 nitrogen and oxygen atoms in total. The summed E-state index contributed by atoms with van der Waals surface area (Å²) in [6.07, 6.45) is 3.35. The second-order valence-electron chi connectivity index (χ2n) is 8.36. The molecule has 0 amide bonds. The third-order valence-corrected chi connectivity index (χ3v) is 4.95. The van der Waals surface area contributed by atoms with E-state index in [1.165, 1.54) is 0 Å². The molecular formula is C23H27N3O3. The van der Waals surface area contributed by atoms with Crippen LogP contribution in [0.5, 0.6) is 5.75 Å². The van der Waals surface area contributed by atoms with Crippen LogP contribution >= 0.6 is 0 Å². The molecule has 29 heavy (non-hydrogen) atoms. The lowest BCUT2D eigenvalue weighted by Gasteiger charge is -2.17. The standard InChI is InChI=1S/C23H27N3O3/c1-23(2,3)20(27)14-26-13-18(17-9-8-16(29-6)11-19(17)26)22(28)15-7-10-21(24-12-15)25(4)5/h7-13H,14H2,1-6H3. The highest BCUT2D eigenvalue weighted by atomic mass is 16.5. The lowest BCUT2D eigenvalue weighted by molar-refractivity contribution is -0.126. The second kappa shape index (κ2) is 7.70. The molecule has 0 saturated heterocycles. The summed E-state index contributed by atoms with van der Waals surface area (Å²) < 4.78 is 7.18. The van der Waals surface area contributed by atoms with Crippen molar-refractivity contribution in [2.75, 3.05) is 26.1 Å². The Morgan fingerprint density at radius 1 is 1.14 bits per heavy atom. The summed E-state index contributed by atoms with van der Waals surface area (Å²) in [5.74, 6) is 1.42. The van der Waals surface area contributed by atoms with E-state index in [9.17, 15) is 9.59 Å². The summed E-state index contributed by atoms with van der Waals surface area (Å²) in [5, 5.41) is 0.786. The Balaban J connectivity index is 2.07. The van der Waals surface area contributed by atoms with Gasteiger partial charge in [-0.1, -0.05) is 20.8 Å². The first-order valence-electron chi connectivity index (χ1n) is 9.50. The van der Waals surface area contributed by atoms with Gasteiger partial charge in [0, 0.05) is 54.5 Å². The highest BCUT2D eigenvalue weighted by molar-refractivity contribution is 6.16.